The summed E-state index contributed by atoms with van der Waals surface area (Å²) in [4.78, 5) is 18.3. The fourth-order valence-electron chi connectivity index (χ4n) is 2.75. The number of pyridine rings is 1. The molecular formula is C16H19N3O2. The van der Waals surface area contributed by atoms with Crippen LogP contribution in [0.3, 0.4) is 0 Å². The molecule has 0 radical (unpaired) electrons. The second kappa shape index (κ2) is 5.69. The Balaban J connectivity index is 1.96. The molecule has 1 aliphatic rings. The SMILES string of the molecule is CN(CC1CCCO1)c1cc(C(N)=O)c2ccccc2n1. The van der Waals surface area contributed by atoms with E-state index in [0.29, 0.717) is 5.56 Å². The van der Waals surface area contributed by atoms with Gasteiger partial charge in [-0.2, -0.15) is 0 Å². The van der Waals surface area contributed by atoms with E-state index in [1.165, 1.54) is 0 Å². The fraction of sp³-hybridized carbons (Fsp3) is 0.375. The second-order valence-electron chi connectivity index (χ2n) is 5.42. The first kappa shape index (κ1) is 13.8. The van der Waals surface area contributed by atoms with Crippen molar-refractivity contribution in [3.8, 4) is 0 Å². The van der Waals surface area contributed by atoms with Crippen LogP contribution in [0.2, 0.25) is 0 Å². The predicted octanol–water partition coefficient (Wildman–Crippen LogP) is 1.95. The zero-order chi connectivity index (χ0) is 14.8. The predicted molar refractivity (Wildman–Crippen MR) is 82.5 cm³/mol. The van der Waals surface area contributed by atoms with Crippen molar-refractivity contribution in [3.05, 3.63) is 35.9 Å². The standard InChI is InChI=1S/C16H19N3O2/c1-19(10-11-5-4-8-21-11)15-9-13(16(17)20)12-6-2-3-7-14(12)18-15/h2-3,6-7,9,11H,4-5,8,10H2,1H3,(H2,17,20). The van der Waals surface area contributed by atoms with E-state index in [4.69, 9.17) is 10.5 Å². The van der Waals surface area contributed by atoms with Crippen LogP contribution in [0, 0.1) is 0 Å². The normalized spacial score (nSPS) is 18.0. The van der Waals surface area contributed by atoms with E-state index in [2.05, 4.69) is 4.98 Å². The largest absolute Gasteiger partial charge is 0.376 e. The average Bonchev–Trinajstić information content (AvgIpc) is 2.98. The number of hydrogen-bond acceptors (Lipinski definition) is 4. The number of primary amides is 1. The molecule has 0 saturated carbocycles. The van der Waals surface area contributed by atoms with Crippen molar-refractivity contribution in [1.29, 1.82) is 0 Å². The molecule has 5 heteroatoms. The van der Waals surface area contributed by atoms with Crippen LogP contribution >= 0.6 is 0 Å². The number of carbonyl (C=O) groups is 1. The Kier molecular flexibility index (Phi) is 3.75. The van der Waals surface area contributed by atoms with Gasteiger partial charge >= 0.3 is 0 Å². The lowest BCUT2D eigenvalue weighted by molar-refractivity contribution is 0.100. The molecule has 2 heterocycles. The lowest BCUT2D eigenvalue weighted by atomic mass is 10.1. The van der Waals surface area contributed by atoms with Crippen molar-refractivity contribution in [2.75, 3.05) is 25.1 Å². The quantitative estimate of drug-likeness (QED) is 0.932. The number of ether oxygens (including phenoxy) is 1. The highest BCUT2D eigenvalue weighted by molar-refractivity contribution is 6.06. The van der Waals surface area contributed by atoms with E-state index in [9.17, 15) is 4.79 Å². The topological polar surface area (TPSA) is 68.5 Å². The Morgan fingerprint density at radius 3 is 3.00 bits per heavy atom. The maximum atomic E-state index is 11.7. The van der Waals surface area contributed by atoms with E-state index >= 15 is 0 Å². The Bertz CT molecular complexity index is 666. The summed E-state index contributed by atoms with van der Waals surface area (Å²) in [6, 6.07) is 9.31. The minimum absolute atomic E-state index is 0.236. The zero-order valence-electron chi connectivity index (χ0n) is 12.1. The summed E-state index contributed by atoms with van der Waals surface area (Å²) in [7, 11) is 1.96. The number of likely N-dealkylation sites (N-methyl/N-ethyl adjacent to an activating group) is 1. The van der Waals surface area contributed by atoms with Crippen LogP contribution in [0.1, 0.15) is 23.2 Å². The van der Waals surface area contributed by atoms with Gasteiger partial charge in [0.05, 0.1) is 17.2 Å². The molecular weight excluding hydrogens is 266 g/mol. The molecule has 2 N–H and O–H groups in total. The maximum absolute atomic E-state index is 11.7. The third kappa shape index (κ3) is 2.83. The van der Waals surface area contributed by atoms with E-state index < -0.39 is 5.91 Å². The summed E-state index contributed by atoms with van der Waals surface area (Å²) < 4.78 is 5.65. The maximum Gasteiger partial charge on any atom is 0.249 e. The molecule has 1 unspecified atom stereocenters. The first-order valence-electron chi connectivity index (χ1n) is 7.17. The monoisotopic (exact) mass is 285 g/mol. The smallest absolute Gasteiger partial charge is 0.249 e. The van der Waals surface area contributed by atoms with Gasteiger partial charge < -0.3 is 15.4 Å². The average molecular weight is 285 g/mol. The van der Waals surface area contributed by atoms with Crippen molar-refractivity contribution < 1.29 is 9.53 Å². The molecule has 3 rings (SSSR count). The molecule has 2 aromatic rings. The summed E-state index contributed by atoms with van der Waals surface area (Å²) in [6.07, 6.45) is 2.41. The van der Waals surface area contributed by atoms with Gasteiger partial charge in [0.1, 0.15) is 5.82 Å². The summed E-state index contributed by atoms with van der Waals surface area (Å²) in [6.45, 7) is 1.60. The number of carbonyl (C=O) groups excluding carboxylic acids is 1. The van der Waals surface area contributed by atoms with Crippen molar-refractivity contribution in [3.63, 3.8) is 0 Å². The number of fused-ring (bicyclic) bond motifs is 1. The molecule has 0 bridgehead atoms. The van der Waals surface area contributed by atoms with Crippen LogP contribution < -0.4 is 10.6 Å². The number of anilines is 1. The van der Waals surface area contributed by atoms with Gasteiger partial charge in [0, 0.05) is 25.6 Å². The fourth-order valence-corrected chi connectivity index (χ4v) is 2.75. The molecule has 1 aromatic heterocycles. The third-order valence-electron chi connectivity index (χ3n) is 3.86. The molecule has 1 atom stereocenters. The molecule has 1 saturated heterocycles. The van der Waals surface area contributed by atoms with E-state index in [1.807, 2.05) is 36.2 Å². The van der Waals surface area contributed by atoms with Crippen LogP contribution in [0.4, 0.5) is 5.82 Å². The Morgan fingerprint density at radius 2 is 2.29 bits per heavy atom. The first-order chi connectivity index (χ1) is 10.1. The number of rotatable bonds is 4. The number of hydrogen-bond donors (Lipinski definition) is 1. The van der Waals surface area contributed by atoms with Crippen LogP contribution in [-0.4, -0.2) is 37.2 Å². The molecule has 1 amide bonds. The van der Waals surface area contributed by atoms with Gasteiger partial charge in [0.15, 0.2) is 0 Å². The number of nitrogens with two attached hydrogens (primary N) is 1. The molecule has 21 heavy (non-hydrogen) atoms. The Labute approximate surface area is 123 Å². The second-order valence-corrected chi connectivity index (χ2v) is 5.42. The highest BCUT2D eigenvalue weighted by Crippen LogP contribution is 2.23. The van der Waals surface area contributed by atoms with Crippen LogP contribution in [0.5, 0.6) is 0 Å². The molecule has 5 nitrogen and oxygen atoms in total. The molecule has 1 aliphatic heterocycles. The molecule has 0 spiro atoms. The van der Waals surface area contributed by atoms with Crippen LogP contribution in [0.25, 0.3) is 10.9 Å². The van der Waals surface area contributed by atoms with Crippen LogP contribution in [0.15, 0.2) is 30.3 Å². The van der Waals surface area contributed by atoms with E-state index in [-0.39, 0.29) is 6.10 Å². The van der Waals surface area contributed by atoms with Gasteiger partial charge in [-0.05, 0) is 25.0 Å². The zero-order valence-corrected chi connectivity index (χ0v) is 12.1. The number of nitrogens with zero attached hydrogens (tertiary/aromatic N) is 2. The lowest BCUT2D eigenvalue weighted by Crippen LogP contribution is -2.29. The number of para-hydroxylation sites is 1. The van der Waals surface area contributed by atoms with Gasteiger partial charge in [0.25, 0.3) is 0 Å². The number of benzene rings is 1. The minimum Gasteiger partial charge on any atom is -0.376 e. The van der Waals surface area contributed by atoms with E-state index in [0.717, 1.165) is 42.7 Å². The van der Waals surface area contributed by atoms with Crippen LogP contribution in [-0.2, 0) is 4.74 Å². The van der Waals surface area contributed by atoms with Crippen molar-refractivity contribution in [2.24, 2.45) is 5.73 Å². The van der Waals surface area contributed by atoms with Gasteiger partial charge in [0.2, 0.25) is 5.91 Å². The molecule has 1 aromatic carbocycles. The minimum atomic E-state index is -0.430. The lowest BCUT2D eigenvalue weighted by Gasteiger charge is -2.22. The summed E-state index contributed by atoms with van der Waals surface area (Å²) in [5.41, 5.74) is 6.79. The third-order valence-corrected chi connectivity index (χ3v) is 3.86. The first-order valence-corrected chi connectivity index (χ1v) is 7.17. The highest BCUT2D eigenvalue weighted by atomic mass is 16.5. The molecule has 1 fully saturated rings. The van der Waals surface area contributed by atoms with Gasteiger partial charge in [-0.1, -0.05) is 18.2 Å². The van der Waals surface area contributed by atoms with Crippen molar-refractivity contribution in [1.82, 2.24) is 4.98 Å². The van der Waals surface area contributed by atoms with E-state index in [1.54, 1.807) is 6.07 Å². The van der Waals surface area contributed by atoms with Gasteiger partial charge in [-0.15, -0.1) is 0 Å². The number of amides is 1. The Morgan fingerprint density at radius 1 is 1.48 bits per heavy atom. The summed E-state index contributed by atoms with van der Waals surface area (Å²) >= 11 is 0. The van der Waals surface area contributed by atoms with Crippen molar-refractivity contribution >= 4 is 22.6 Å². The Hall–Kier alpha value is -2.14. The van der Waals surface area contributed by atoms with Gasteiger partial charge in [-0.25, -0.2) is 4.98 Å². The van der Waals surface area contributed by atoms with Crippen molar-refractivity contribution in [2.45, 2.75) is 18.9 Å². The van der Waals surface area contributed by atoms with Gasteiger partial charge in [-0.3, -0.25) is 4.79 Å². The molecule has 0 aliphatic carbocycles. The summed E-state index contributed by atoms with van der Waals surface area (Å²) in [5.74, 6) is 0.318. The summed E-state index contributed by atoms with van der Waals surface area (Å²) in [5, 5.41) is 0.791. The molecule has 110 valence electrons. The number of aromatic nitrogens is 1. The highest BCUT2D eigenvalue weighted by Gasteiger charge is 2.19.